The lowest BCUT2D eigenvalue weighted by molar-refractivity contribution is -0.125. The lowest BCUT2D eigenvalue weighted by atomic mass is 10.1. The Bertz CT molecular complexity index is 644. The number of amides is 2. The van der Waals surface area contributed by atoms with Crippen LogP contribution in [0.2, 0.25) is 0 Å². The van der Waals surface area contributed by atoms with Gasteiger partial charge in [-0.25, -0.2) is 4.39 Å². The van der Waals surface area contributed by atoms with Crippen LogP contribution in [0.5, 0.6) is 0 Å². The van der Waals surface area contributed by atoms with Gasteiger partial charge in [-0.15, -0.1) is 0 Å². The monoisotopic (exact) mass is 300 g/mol. The molecule has 2 N–H and O–H groups in total. The van der Waals surface area contributed by atoms with Gasteiger partial charge in [0.2, 0.25) is 11.8 Å². The summed E-state index contributed by atoms with van der Waals surface area (Å²) >= 11 is 0. The van der Waals surface area contributed by atoms with E-state index in [1.807, 2.05) is 30.3 Å². The van der Waals surface area contributed by atoms with Crippen LogP contribution in [0.4, 0.5) is 4.39 Å². The van der Waals surface area contributed by atoms with Crippen LogP contribution in [0.3, 0.4) is 0 Å². The molecule has 0 bridgehead atoms. The standard InChI is InChI=1S/C17H17FN2O2/c18-15-8-4-7-14(9-15)10-16(21)20-12-17(22)19-11-13-5-2-1-3-6-13/h1-9H,10-12H2,(H,19,22)(H,20,21). The minimum Gasteiger partial charge on any atom is -0.350 e. The Kier molecular flexibility index (Phi) is 5.65. The molecule has 4 nitrogen and oxygen atoms in total. The first kappa shape index (κ1) is 15.7. The van der Waals surface area contributed by atoms with E-state index in [1.165, 1.54) is 12.1 Å². The number of nitrogens with one attached hydrogen (secondary N) is 2. The highest BCUT2D eigenvalue weighted by atomic mass is 19.1. The Morgan fingerprint density at radius 3 is 2.32 bits per heavy atom. The fraction of sp³-hybridized carbons (Fsp3) is 0.176. The van der Waals surface area contributed by atoms with Crippen molar-refractivity contribution in [3.8, 4) is 0 Å². The lowest BCUT2D eigenvalue weighted by Gasteiger charge is -2.07. The van der Waals surface area contributed by atoms with Gasteiger partial charge in [0.25, 0.3) is 0 Å². The van der Waals surface area contributed by atoms with Crippen molar-refractivity contribution >= 4 is 11.8 Å². The second-order valence-corrected chi connectivity index (χ2v) is 4.85. The van der Waals surface area contributed by atoms with Crippen molar-refractivity contribution in [3.63, 3.8) is 0 Å². The molecule has 0 fully saturated rings. The number of carbonyl (C=O) groups excluding carboxylic acids is 2. The summed E-state index contributed by atoms with van der Waals surface area (Å²) < 4.78 is 13.0. The van der Waals surface area contributed by atoms with E-state index in [4.69, 9.17) is 0 Å². The molecule has 0 radical (unpaired) electrons. The molecule has 114 valence electrons. The van der Waals surface area contributed by atoms with E-state index >= 15 is 0 Å². The van der Waals surface area contributed by atoms with Gasteiger partial charge in [0.1, 0.15) is 5.82 Å². The number of hydrogen-bond donors (Lipinski definition) is 2. The Morgan fingerprint density at radius 2 is 1.59 bits per heavy atom. The van der Waals surface area contributed by atoms with Gasteiger partial charge in [0, 0.05) is 6.54 Å². The Labute approximate surface area is 128 Å². The molecule has 0 saturated heterocycles. The summed E-state index contributed by atoms with van der Waals surface area (Å²) in [5.41, 5.74) is 1.56. The number of halogens is 1. The van der Waals surface area contributed by atoms with E-state index in [1.54, 1.807) is 12.1 Å². The molecule has 5 heteroatoms. The Balaban J connectivity index is 1.70. The molecule has 2 aromatic carbocycles. The third-order valence-corrected chi connectivity index (χ3v) is 3.03. The zero-order valence-corrected chi connectivity index (χ0v) is 12.0. The first-order chi connectivity index (χ1) is 10.6. The highest BCUT2D eigenvalue weighted by Crippen LogP contribution is 2.04. The summed E-state index contributed by atoms with van der Waals surface area (Å²) in [4.78, 5) is 23.3. The first-order valence-electron chi connectivity index (χ1n) is 6.95. The van der Waals surface area contributed by atoms with Gasteiger partial charge in [-0.3, -0.25) is 9.59 Å². The minimum atomic E-state index is -0.383. The molecule has 22 heavy (non-hydrogen) atoms. The molecule has 0 heterocycles. The Hall–Kier alpha value is -2.69. The normalized spacial score (nSPS) is 10.0. The Morgan fingerprint density at radius 1 is 0.864 bits per heavy atom. The third kappa shape index (κ3) is 5.36. The van der Waals surface area contributed by atoms with Crippen molar-refractivity contribution in [3.05, 3.63) is 71.5 Å². The smallest absolute Gasteiger partial charge is 0.239 e. The van der Waals surface area contributed by atoms with E-state index in [9.17, 15) is 14.0 Å². The molecule has 2 amide bonds. The van der Waals surface area contributed by atoms with Crippen molar-refractivity contribution in [1.29, 1.82) is 0 Å². The van der Waals surface area contributed by atoms with Gasteiger partial charge in [0.15, 0.2) is 0 Å². The summed E-state index contributed by atoms with van der Waals surface area (Å²) in [5, 5.41) is 5.23. The second kappa shape index (κ2) is 7.93. The number of benzene rings is 2. The van der Waals surface area contributed by atoms with E-state index in [0.29, 0.717) is 12.1 Å². The molecule has 0 aliphatic carbocycles. The zero-order chi connectivity index (χ0) is 15.8. The van der Waals surface area contributed by atoms with Gasteiger partial charge >= 0.3 is 0 Å². The van der Waals surface area contributed by atoms with Crippen molar-refractivity contribution in [2.24, 2.45) is 0 Å². The molecule has 0 aliphatic heterocycles. The first-order valence-corrected chi connectivity index (χ1v) is 6.95. The van der Waals surface area contributed by atoms with Crippen LogP contribution in [0.1, 0.15) is 11.1 Å². The highest BCUT2D eigenvalue weighted by molar-refractivity contribution is 5.85. The highest BCUT2D eigenvalue weighted by Gasteiger charge is 2.07. The lowest BCUT2D eigenvalue weighted by Crippen LogP contribution is -2.37. The van der Waals surface area contributed by atoms with Crippen molar-refractivity contribution in [1.82, 2.24) is 10.6 Å². The average Bonchev–Trinajstić information content (AvgIpc) is 2.52. The molecule has 2 rings (SSSR count). The summed E-state index contributed by atoms with van der Waals surface area (Å²) in [7, 11) is 0. The number of carbonyl (C=O) groups is 2. The van der Waals surface area contributed by atoms with Crippen LogP contribution in [-0.2, 0) is 22.6 Å². The van der Waals surface area contributed by atoms with Crippen LogP contribution in [-0.4, -0.2) is 18.4 Å². The average molecular weight is 300 g/mol. The number of hydrogen-bond acceptors (Lipinski definition) is 2. The maximum absolute atomic E-state index is 13.0. The van der Waals surface area contributed by atoms with Gasteiger partial charge < -0.3 is 10.6 Å². The molecule has 2 aromatic rings. The van der Waals surface area contributed by atoms with Gasteiger partial charge in [0.05, 0.1) is 13.0 Å². The summed E-state index contributed by atoms with van der Waals surface area (Å²) in [6.07, 6.45) is 0.0454. The van der Waals surface area contributed by atoms with Crippen LogP contribution in [0.15, 0.2) is 54.6 Å². The van der Waals surface area contributed by atoms with Gasteiger partial charge in [-0.05, 0) is 23.3 Å². The predicted octanol–water partition coefficient (Wildman–Crippen LogP) is 1.80. The summed E-state index contributed by atoms with van der Waals surface area (Å²) in [6.45, 7) is 0.320. The largest absolute Gasteiger partial charge is 0.350 e. The van der Waals surface area contributed by atoms with E-state index in [0.717, 1.165) is 5.56 Å². The summed E-state index contributed by atoms with van der Waals surface area (Å²) in [5.74, 6) is -0.970. The maximum Gasteiger partial charge on any atom is 0.239 e. The molecule has 0 spiro atoms. The molecular formula is C17H17FN2O2. The second-order valence-electron chi connectivity index (χ2n) is 4.85. The van der Waals surface area contributed by atoms with Crippen molar-refractivity contribution in [2.75, 3.05) is 6.54 Å². The van der Waals surface area contributed by atoms with E-state index in [2.05, 4.69) is 10.6 Å². The zero-order valence-electron chi connectivity index (χ0n) is 12.0. The molecule has 0 atom stereocenters. The number of rotatable bonds is 6. The van der Waals surface area contributed by atoms with Gasteiger partial charge in [-0.1, -0.05) is 42.5 Å². The quantitative estimate of drug-likeness (QED) is 0.854. The van der Waals surface area contributed by atoms with Crippen LogP contribution in [0, 0.1) is 5.82 Å². The fourth-order valence-corrected chi connectivity index (χ4v) is 1.93. The van der Waals surface area contributed by atoms with E-state index in [-0.39, 0.29) is 30.6 Å². The fourth-order valence-electron chi connectivity index (χ4n) is 1.93. The molecule has 0 aromatic heterocycles. The van der Waals surface area contributed by atoms with E-state index < -0.39 is 0 Å². The van der Waals surface area contributed by atoms with Crippen LogP contribution in [0.25, 0.3) is 0 Å². The van der Waals surface area contributed by atoms with Crippen molar-refractivity contribution in [2.45, 2.75) is 13.0 Å². The third-order valence-electron chi connectivity index (χ3n) is 3.03. The molecular weight excluding hydrogens is 283 g/mol. The topological polar surface area (TPSA) is 58.2 Å². The van der Waals surface area contributed by atoms with Crippen LogP contribution >= 0.6 is 0 Å². The minimum absolute atomic E-state index is 0.0454. The summed E-state index contributed by atoms with van der Waals surface area (Å²) in [6, 6.07) is 15.3. The molecule has 0 saturated carbocycles. The van der Waals surface area contributed by atoms with Crippen molar-refractivity contribution < 1.29 is 14.0 Å². The SMILES string of the molecule is O=C(CNC(=O)Cc1cccc(F)c1)NCc1ccccc1. The van der Waals surface area contributed by atoms with Gasteiger partial charge in [-0.2, -0.15) is 0 Å². The predicted molar refractivity (Wildman–Crippen MR) is 81.4 cm³/mol. The molecule has 0 unspecified atom stereocenters. The maximum atomic E-state index is 13.0. The molecule has 0 aliphatic rings. The van der Waals surface area contributed by atoms with Crippen LogP contribution < -0.4 is 10.6 Å².